The first kappa shape index (κ1) is 13.3. The third-order valence-corrected chi connectivity index (χ3v) is 2.87. The van der Waals surface area contributed by atoms with Crippen molar-refractivity contribution >= 4 is 17.0 Å². The van der Waals surface area contributed by atoms with Gasteiger partial charge in [-0.15, -0.1) is 0 Å². The topological polar surface area (TPSA) is 108 Å². The smallest absolute Gasteiger partial charge is 0.262 e. The summed E-state index contributed by atoms with van der Waals surface area (Å²) in [5, 5.41) is 12.1. The van der Waals surface area contributed by atoms with Crippen LogP contribution in [0, 0.1) is 6.92 Å². The summed E-state index contributed by atoms with van der Waals surface area (Å²) in [7, 11) is 0. The van der Waals surface area contributed by atoms with Gasteiger partial charge in [0, 0.05) is 6.54 Å². The lowest BCUT2D eigenvalue weighted by Crippen LogP contribution is -2.32. The molecule has 0 spiro atoms. The van der Waals surface area contributed by atoms with Gasteiger partial charge in [-0.25, -0.2) is 4.98 Å². The van der Waals surface area contributed by atoms with E-state index in [4.69, 9.17) is 4.42 Å². The van der Waals surface area contributed by atoms with Crippen LogP contribution < -0.4 is 10.9 Å². The maximum Gasteiger partial charge on any atom is 0.262 e. The maximum atomic E-state index is 12.1. The first-order valence-electron chi connectivity index (χ1n) is 5.97. The van der Waals surface area contributed by atoms with E-state index in [0.29, 0.717) is 12.2 Å². The Kier molecular flexibility index (Phi) is 3.66. The van der Waals surface area contributed by atoms with E-state index in [2.05, 4.69) is 15.3 Å². The van der Waals surface area contributed by atoms with Gasteiger partial charge < -0.3 is 19.8 Å². The number of nitrogens with one attached hydrogen (secondary N) is 2. The van der Waals surface area contributed by atoms with Crippen LogP contribution in [0.5, 0.6) is 0 Å². The molecule has 19 heavy (non-hydrogen) atoms. The van der Waals surface area contributed by atoms with Gasteiger partial charge in [0.05, 0.1) is 18.0 Å². The molecule has 0 saturated carbocycles. The number of aromatic nitrogens is 2. The Labute approximate surface area is 108 Å². The zero-order valence-electron chi connectivity index (χ0n) is 10.7. The summed E-state index contributed by atoms with van der Waals surface area (Å²) < 4.78 is 5.28. The van der Waals surface area contributed by atoms with Crippen LogP contribution in [0.4, 0.5) is 0 Å². The highest BCUT2D eigenvalue weighted by molar-refractivity contribution is 6.06. The van der Waals surface area contributed by atoms with Gasteiger partial charge >= 0.3 is 0 Å². The van der Waals surface area contributed by atoms with Crippen LogP contribution in [0.25, 0.3) is 11.1 Å². The highest BCUT2D eigenvalue weighted by Gasteiger charge is 2.21. The Morgan fingerprint density at radius 2 is 2.37 bits per heavy atom. The van der Waals surface area contributed by atoms with Crippen LogP contribution in [0.1, 0.15) is 29.5 Å². The molecule has 0 aromatic carbocycles. The van der Waals surface area contributed by atoms with Crippen molar-refractivity contribution in [2.45, 2.75) is 26.4 Å². The van der Waals surface area contributed by atoms with Crippen LogP contribution in [-0.2, 0) is 0 Å². The summed E-state index contributed by atoms with van der Waals surface area (Å²) in [6.45, 7) is 3.52. The maximum absolute atomic E-state index is 12.1. The highest BCUT2D eigenvalue weighted by Crippen LogP contribution is 2.20. The van der Waals surface area contributed by atoms with Crippen molar-refractivity contribution in [1.82, 2.24) is 15.3 Å². The number of furan rings is 1. The van der Waals surface area contributed by atoms with Crippen molar-refractivity contribution in [3.8, 4) is 0 Å². The number of rotatable bonds is 4. The number of fused-ring (bicyclic) bond motifs is 1. The molecule has 102 valence electrons. The SMILES string of the molecule is CCC(O)CNC(=O)c1c(C)oc2nc[nH]c(=O)c12. The minimum absolute atomic E-state index is 0.125. The number of carbonyl (C=O) groups excluding carboxylic acids is 1. The molecule has 2 aromatic rings. The van der Waals surface area contributed by atoms with Gasteiger partial charge in [-0.05, 0) is 13.3 Å². The van der Waals surface area contributed by atoms with Gasteiger partial charge in [-0.2, -0.15) is 0 Å². The number of aliphatic hydroxyl groups is 1. The summed E-state index contributed by atoms with van der Waals surface area (Å²) in [5.74, 6) is -0.134. The van der Waals surface area contributed by atoms with E-state index in [-0.39, 0.29) is 23.2 Å². The van der Waals surface area contributed by atoms with Crippen LogP contribution in [0.3, 0.4) is 0 Å². The molecule has 7 heteroatoms. The summed E-state index contributed by atoms with van der Waals surface area (Å²) in [5.41, 5.74) is -0.141. The number of aliphatic hydroxyl groups excluding tert-OH is 1. The molecule has 2 aromatic heterocycles. The van der Waals surface area contributed by atoms with E-state index in [1.165, 1.54) is 6.33 Å². The quantitative estimate of drug-likeness (QED) is 0.738. The lowest BCUT2D eigenvalue weighted by Gasteiger charge is -2.08. The van der Waals surface area contributed by atoms with Crippen molar-refractivity contribution in [3.63, 3.8) is 0 Å². The monoisotopic (exact) mass is 265 g/mol. The van der Waals surface area contributed by atoms with E-state index in [0.717, 1.165) is 0 Å². The summed E-state index contributed by atoms with van der Waals surface area (Å²) in [4.78, 5) is 30.0. The van der Waals surface area contributed by atoms with Crippen molar-refractivity contribution in [3.05, 3.63) is 28.0 Å². The minimum Gasteiger partial charge on any atom is -0.442 e. The molecule has 0 aliphatic carbocycles. The zero-order chi connectivity index (χ0) is 14.0. The average Bonchev–Trinajstić information content (AvgIpc) is 2.73. The molecular formula is C12H15N3O4. The standard InChI is InChI=1S/C12H15N3O4/c1-3-7(16)4-13-10(17)8-6(2)19-12-9(8)11(18)14-5-15-12/h5,7,16H,3-4H2,1-2H3,(H,13,17)(H,14,15,18). The van der Waals surface area contributed by atoms with Gasteiger partial charge in [-0.1, -0.05) is 6.92 Å². The molecule has 0 radical (unpaired) electrons. The number of amides is 1. The Hall–Kier alpha value is -2.15. The fraction of sp³-hybridized carbons (Fsp3) is 0.417. The van der Waals surface area contributed by atoms with Crippen LogP contribution in [-0.4, -0.2) is 33.6 Å². The number of aromatic amines is 1. The molecule has 0 aliphatic heterocycles. The fourth-order valence-corrected chi connectivity index (χ4v) is 1.77. The third kappa shape index (κ3) is 2.50. The zero-order valence-corrected chi connectivity index (χ0v) is 10.7. The molecule has 0 saturated heterocycles. The Morgan fingerprint density at radius 3 is 3.05 bits per heavy atom. The number of hydrogen-bond donors (Lipinski definition) is 3. The average molecular weight is 265 g/mol. The second kappa shape index (κ2) is 5.23. The number of carbonyl (C=O) groups is 1. The molecule has 1 amide bonds. The van der Waals surface area contributed by atoms with E-state index in [1.807, 2.05) is 6.92 Å². The molecule has 2 heterocycles. The van der Waals surface area contributed by atoms with Gasteiger partial charge in [0.15, 0.2) is 0 Å². The van der Waals surface area contributed by atoms with Crippen molar-refractivity contribution < 1.29 is 14.3 Å². The number of H-pyrrole nitrogens is 1. The van der Waals surface area contributed by atoms with Crippen LogP contribution in [0.15, 0.2) is 15.5 Å². The first-order valence-corrected chi connectivity index (χ1v) is 5.97. The van der Waals surface area contributed by atoms with Gasteiger partial charge in [0.1, 0.15) is 11.1 Å². The second-order valence-corrected chi connectivity index (χ2v) is 4.22. The van der Waals surface area contributed by atoms with E-state index in [1.54, 1.807) is 6.92 Å². The predicted molar refractivity (Wildman–Crippen MR) is 68.0 cm³/mol. The predicted octanol–water partition coefficient (Wildman–Crippen LogP) is 0.325. The van der Waals surface area contributed by atoms with Crippen molar-refractivity contribution in [1.29, 1.82) is 0 Å². The van der Waals surface area contributed by atoms with E-state index in [9.17, 15) is 14.7 Å². The summed E-state index contributed by atoms with van der Waals surface area (Å²) in [6, 6.07) is 0. The molecule has 1 atom stereocenters. The first-order chi connectivity index (χ1) is 9.04. The molecule has 0 bridgehead atoms. The van der Waals surface area contributed by atoms with Crippen molar-refractivity contribution in [2.75, 3.05) is 6.54 Å². The normalized spacial score (nSPS) is 12.6. The fourth-order valence-electron chi connectivity index (χ4n) is 1.77. The Morgan fingerprint density at radius 1 is 1.63 bits per heavy atom. The van der Waals surface area contributed by atoms with Crippen LogP contribution >= 0.6 is 0 Å². The molecule has 1 unspecified atom stereocenters. The van der Waals surface area contributed by atoms with Crippen LogP contribution in [0.2, 0.25) is 0 Å². The van der Waals surface area contributed by atoms with Crippen molar-refractivity contribution in [2.24, 2.45) is 0 Å². The third-order valence-electron chi connectivity index (χ3n) is 2.87. The summed E-state index contributed by atoms with van der Waals surface area (Å²) >= 11 is 0. The van der Waals surface area contributed by atoms with Gasteiger partial charge in [-0.3, -0.25) is 9.59 Å². The largest absolute Gasteiger partial charge is 0.442 e. The molecule has 7 nitrogen and oxygen atoms in total. The summed E-state index contributed by atoms with van der Waals surface area (Å²) in [6.07, 6.45) is 1.14. The van der Waals surface area contributed by atoms with E-state index >= 15 is 0 Å². The lowest BCUT2D eigenvalue weighted by molar-refractivity contribution is 0.0913. The number of aryl methyl sites for hydroxylation is 1. The number of hydrogen-bond acceptors (Lipinski definition) is 5. The molecular weight excluding hydrogens is 250 g/mol. The second-order valence-electron chi connectivity index (χ2n) is 4.22. The lowest BCUT2D eigenvalue weighted by atomic mass is 10.1. The Balaban J connectivity index is 2.37. The highest BCUT2D eigenvalue weighted by atomic mass is 16.3. The molecule has 0 aliphatic rings. The molecule has 3 N–H and O–H groups in total. The molecule has 0 fully saturated rings. The van der Waals surface area contributed by atoms with Gasteiger partial charge in [0.25, 0.3) is 11.5 Å². The number of nitrogens with zero attached hydrogens (tertiary/aromatic N) is 1. The van der Waals surface area contributed by atoms with Gasteiger partial charge in [0.2, 0.25) is 5.71 Å². The van der Waals surface area contributed by atoms with E-state index < -0.39 is 17.6 Å². The minimum atomic E-state index is -0.612. The molecule has 2 rings (SSSR count). The Bertz CT molecular complexity index is 659.